The fourth-order valence-corrected chi connectivity index (χ4v) is 2.93. The molecule has 1 aromatic heterocycles. The van der Waals surface area contributed by atoms with Gasteiger partial charge >= 0.3 is 5.97 Å². The zero-order valence-electron chi connectivity index (χ0n) is 13.4. The molecule has 2 heterocycles. The van der Waals surface area contributed by atoms with Crippen molar-refractivity contribution in [2.24, 2.45) is 0 Å². The first kappa shape index (κ1) is 15.8. The lowest BCUT2D eigenvalue weighted by atomic mass is 10.1. The van der Waals surface area contributed by atoms with Gasteiger partial charge in [-0.3, -0.25) is 0 Å². The maximum absolute atomic E-state index is 13.8. The van der Waals surface area contributed by atoms with Crippen LogP contribution in [-0.4, -0.2) is 23.8 Å². The zero-order valence-corrected chi connectivity index (χ0v) is 13.4. The monoisotopic (exact) mass is 341 g/mol. The van der Waals surface area contributed by atoms with Crippen LogP contribution < -0.4 is 4.74 Å². The minimum atomic E-state index is -0.498. The summed E-state index contributed by atoms with van der Waals surface area (Å²) in [6.07, 6.45) is 1.37. The summed E-state index contributed by atoms with van der Waals surface area (Å²) in [4.78, 5) is 12.0. The van der Waals surface area contributed by atoms with Crippen LogP contribution in [0, 0.1) is 5.82 Å². The lowest BCUT2D eigenvalue weighted by molar-refractivity contribution is -0.144. The van der Waals surface area contributed by atoms with E-state index in [1.165, 1.54) is 6.07 Å². The number of ether oxygens (including phenoxy) is 2. The Kier molecular flexibility index (Phi) is 4.19. The average molecular weight is 341 g/mol. The summed E-state index contributed by atoms with van der Waals surface area (Å²) < 4.78 is 29.8. The van der Waals surface area contributed by atoms with Gasteiger partial charge in [0.1, 0.15) is 11.6 Å². The van der Waals surface area contributed by atoms with Gasteiger partial charge in [-0.05, 0) is 36.6 Å². The standard InChI is InChI=1S/C19H16FNO4/c20-15-5-2-1-4-12(15)10-16-14-8-7-13(11-18(14)25-21-16)24-19(22)17-6-3-9-23-17/h1-2,4-5,7-8,11,17H,3,6,9-10H2. The minimum absolute atomic E-state index is 0.277. The molecule has 6 heteroatoms. The minimum Gasteiger partial charge on any atom is -0.424 e. The van der Waals surface area contributed by atoms with E-state index in [9.17, 15) is 9.18 Å². The second-order valence-electron chi connectivity index (χ2n) is 5.98. The van der Waals surface area contributed by atoms with Crippen LogP contribution in [0.5, 0.6) is 5.75 Å². The van der Waals surface area contributed by atoms with Crippen LogP contribution >= 0.6 is 0 Å². The molecular weight excluding hydrogens is 325 g/mol. The van der Waals surface area contributed by atoms with Gasteiger partial charge < -0.3 is 14.0 Å². The van der Waals surface area contributed by atoms with Crippen molar-refractivity contribution in [1.29, 1.82) is 0 Å². The lowest BCUT2D eigenvalue weighted by Crippen LogP contribution is -2.24. The summed E-state index contributed by atoms with van der Waals surface area (Å²) in [7, 11) is 0. The van der Waals surface area contributed by atoms with Crippen LogP contribution in [-0.2, 0) is 16.0 Å². The van der Waals surface area contributed by atoms with Crippen molar-refractivity contribution in [1.82, 2.24) is 5.16 Å². The van der Waals surface area contributed by atoms with E-state index in [1.807, 2.05) is 0 Å². The Balaban J connectivity index is 1.54. The van der Waals surface area contributed by atoms with Gasteiger partial charge in [0.15, 0.2) is 11.7 Å². The van der Waals surface area contributed by atoms with Gasteiger partial charge in [-0.1, -0.05) is 23.4 Å². The topological polar surface area (TPSA) is 61.6 Å². The molecule has 3 aromatic rings. The molecule has 1 aliphatic heterocycles. The number of esters is 1. The van der Waals surface area contributed by atoms with E-state index >= 15 is 0 Å². The van der Waals surface area contributed by atoms with E-state index < -0.39 is 12.1 Å². The van der Waals surface area contributed by atoms with Crippen molar-refractivity contribution >= 4 is 16.9 Å². The number of carbonyl (C=O) groups is 1. The van der Waals surface area contributed by atoms with E-state index in [2.05, 4.69) is 5.16 Å². The predicted molar refractivity (Wildman–Crippen MR) is 87.8 cm³/mol. The van der Waals surface area contributed by atoms with Crippen LogP contribution in [0.4, 0.5) is 4.39 Å². The average Bonchev–Trinajstić information content (AvgIpc) is 3.27. The van der Waals surface area contributed by atoms with Crippen LogP contribution in [0.1, 0.15) is 24.1 Å². The van der Waals surface area contributed by atoms with Crippen LogP contribution in [0.15, 0.2) is 47.0 Å². The van der Waals surface area contributed by atoms with Gasteiger partial charge in [0.2, 0.25) is 0 Å². The summed E-state index contributed by atoms with van der Waals surface area (Å²) in [6, 6.07) is 11.6. The Morgan fingerprint density at radius 2 is 2.16 bits per heavy atom. The smallest absolute Gasteiger partial charge is 0.340 e. The van der Waals surface area contributed by atoms with E-state index in [-0.39, 0.29) is 5.82 Å². The highest BCUT2D eigenvalue weighted by Gasteiger charge is 2.25. The first-order valence-electron chi connectivity index (χ1n) is 8.16. The molecule has 1 atom stereocenters. The fourth-order valence-electron chi connectivity index (χ4n) is 2.93. The summed E-state index contributed by atoms with van der Waals surface area (Å²) in [6.45, 7) is 0.584. The molecule has 0 spiro atoms. The summed E-state index contributed by atoms with van der Waals surface area (Å²) in [5.74, 6) is -0.301. The highest BCUT2D eigenvalue weighted by Crippen LogP contribution is 2.26. The normalized spacial score (nSPS) is 17.1. The second-order valence-corrected chi connectivity index (χ2v) is 5.98. The Hall–Kier alpha value is -2.73. The molecule has 2 aromatic carbocycles. The Morgan fingerprint density at radius 1 is 1.28 bits per heavy atom. The first-order chi connectivity index (χ1) is 12.2. The summed E-state index contributed by atoms with van der Waals surface area (Å²) >= 11 is 0. The van der Waals surface area contributed by atoms with Crippen LogP contribution in [0.3, 0.4) is 0 Å². The van der Waals surface area contributed by atoms with E-state index in [4.69, 9.17) is 14.0 Å². The SMILES string of the molecule is O=C(Oc1ccc2c(Cc3ccccc3F)noc2c1)C1CCCO1. The molecular formula is C19H16FNO4. The molecule has 0 N–H and O–H groups in total. The predicted octanol–water partition coefficient (Wildman–Crippen LogP) is 3.64. The number of fused-ring (bicyclic) bond motifs is 1. The van der Waals surface area contributed by atoms with Crippen molar-refractivity contribution in [3.63, 3.8) is 0 Å². The van der Waals surface area contributed by atoms with Gasteiger partial charge in [0, 0.05) is 24.5 Å². The maximum atomic E-state index is 13.8. The molecule has 0 aliphatic carbocycles. The van der Waals surface area contributed by atoms with Crippen molar-refractivity contribution in [3.8, 4) is 5.75 Å². The van der Waals surface area contributed by atoms with E-state index in [0.717, 1.165) is 11.8 Å². The zero-order chi connectivity index (χ0) is 17.2. The molecule has 5 nitrogen and oxygen atoms in total. The van der Waals surface area contributed by atoms with Gasteiger partial charge in [0.05, 0.1) is 5.69 Å². The molecule has 1 unspecified atom stereocenters. The number of rotatable bonds is 4. The van der Waals surface area contributed by atoms with Crippen molar-refractivity contribution in [3.05, 3.63) is 59.5 Å². The number of benzene rings is 2. The van der Waals surface area contributed by atoms with Gasteiger partial charge in [0.25, 0.3) is 0 Å². The molecule has 4 rings (SSSR count). The van der Waals surface area contributed by atoms with Crippen molar-refractivity contribution in [2.75, 3.05) is 6.61 Å². The molecule has 0 bridgehead atoms. The number of hydrogen-bond donors (Lipinski definition) is 0. The summed E-state index contributed by atoms with van der Waals surface area (Å²) in [5.41, 5.74) is 1.67. The van der Waals surface area contributed by atoms with Crippen molar-refractivity contribution in [2.45, 2.75) is 25.4 Å². The van der Waals surface area contributed by atoms with Gasteiger partial charge in [-0.15, -0.1) is 0 Å². The highest BCUT2D eigenvalue weighted by molar-refractivity contribution is 5.83. The third-order valence-corrected chi connectivity index (χ3v) is 4.24. The van der Waals surface area contributed by atoms with Crippen LogP contribution in [0.2, 0.25) is 0 Å². The number of hydrogen-bond acceptors (Lipinski definition) is 5. The molecule has 0 saturated carbocycles. The van der Waals surface area contributed by atoms with E-state index in [0.29, 0.717) is 42.0 Å². The van der Waals surface area contributed by atoms with Gasteiger partial charge in [-0.25, -0.2) is 9.18 Å². The maximum Gasteiger partial charge on any atom is 0.340 e. The largest absolute Gasteiger partial charge is 0.424 e. The quantitative estimate of drug-likeness (QED) is 0.535. The molecule has 128 valence electrons. The number of halogens is 1. The first-order valence-corrected chi connectivity index (χ1v) is 8.16. The highest BCUT2D eigenvalue weighted by atomic mass is 19.1. The number of nitrogens with zero attached hydrogens (tertiary/aromatic N) is 1. The molecule has 25 heavy (non-hydrogen) atoms. The Labute approximate surface area is 143 Å². The third kappa shape index (κ3) is 3.25. The molecule has 1 aliphatic rings. The van der Waals surface area contributed by atoms with Crippen LogP contribution in [0.25, 0.3) is 11.0 Å². The molecule has 1 fully saturated rings. The Bertz CT molecular complexity index is 915. The Morgan fingerprint density at radius 3 is 2.96 bits per heavy atom. The molecule has 0 amide bonds. The number of carbonyl (C=O) groups excluding carboxylic acids is 1. The van der Waals surface area contributed by atoms with Crippen molar-refractivity contribution < 1.29 is 23.2 Å². The fraction of sp³-hybridized carbons (Fsp3) is 0.263. The molecule has 1 saturated heterocycles. The number of aromatic nitrogens is 1. The molecule has 0 radical (unpaired) electrons. The second kappa shape index (κ2) is 6.64. The summed E-state index contributed by atoms with van der Waals surface area (Å²) in [5, 5.41) is 4.79. The van der Waals surface area contributed by atoms with E-state index in [1.54, 1.807) is 36.4 Å². The lowest BCUT2D eigenvalue weighted by Gasteiger charge is -2.08. The van der Waals surface area contributed by atoms with Gasteiger partial charge in [-0.2, -0.15) is 0 Å². The third-order valence-electron chi connectivity index (χ3n) is 4.24.